The Bertz CT molecular complexity index is 795. The monoisotopic (exact) mass is 510 g/mol. The van der Waals surface area contributed by atoms with Crippen LogP contribution in [0.15, 0.2) is 51.7 Å². The lowest BCUT2D eigenvalue weighted by atomic mass is 10.3. The Kier molecular flexibility index (Phi) is 9.91. The predicted molar refractivity (Wildman–Crippen MR) is 116 cm³/mol. The van der Waals surface area contributed by atoms with Crippen LogP contribution in [0.5, 0.6) is 5.75 Å². The van der Waals surface area contributed by atoms with Crippen molar-refractivity contribution in [2.75, 3.05) is 19.7 Å². The molecule has 0 spiro atoms. The molecule has 1 aromatic heterocycles. The van der Waals surface area contributed by atoms with Crippen molar-refractivity contribution in [2.24, 2.45) is 10.1 Å². The minimum atomic E-state index is -3.65. The number of para-hydroxylation sites is 1. The van der Waals surface area contributed by atoms with Gasteiger partial charge >= 0.3 is 0 Å². The Morgan fingerprint density at radius 3 is 2.54 bits per heavy atom. The highest BCUT2D eigenvalue weighted by atomic mass is 127. The fraction of sp³-hybridized carbons (Fsp3) is 0.312. The third kappa shape index (κ3) is 7.89. The summed E-state index contributed by atoms with van der Waals surface area (Å²) < 4.78 is 28.3. The predicted octanol–water partition coefficient (Wildman–Crippen LogP) is 2.15. The third-order valence-electron chi connectivity index (χ3n) is 3.06. The number of benzene rings is 1. The molecule has 0 saturated heterocycles. The van der Waals surface area contributed by atoms with E-state index in [-0.39, 0.29) is 28.2 Å². The first-order chi connectivity index (χ1) is 12.0. The van der Waals surface area contributed by atoms with Crippen LogP contribution < -0.4 is 20.5 Å². The summed E-state index contributed by atoms with van der Waals surface area (Å²) in [5.41, 5.74) is 0. The summed E-state index contributed by atoms with van der Waals surface area (Å²) in [6.07, 6.45) is 0. The van der Waals surface area contributed by atoms with Gasteiger partial charge in [-0.3, -0.25) is 0 Å². The first kappa shape index (κ1) is 22.7. The van der Waals surface area contributed by atoms with Crippen LogP contribution in [0.25, 0.3) is 0 Å². The second-order valence-electron chi connectivity index (χ2n) is 5.05. The number of rotatable bonds is 8. The zero-order valence-electron chi connectivity index (χ0n) is 14.3. The quantitative estimate of drug-likeness (QED) is 0.219. The number of nitrogens with one attached hydrogen (secondary N) is 2. The molecule has 144 valence electrons. The third-order valence-corrected chi connectivity index (χ3v) is 5.57. The molecule has 10 heteroatoms. The van der Waals surface area contributed by atoms with Gasteiger partial charge in [-0.1, -0.05) is 18.2 Å². The van der Waals surface area contributed by atoms with Crippen molar-refractivity contribution in [3.63, 3.8) is 0 Å². The molecule has 0 aliphatic heterocycles. The van der Waals surface area contributed by atoms with Gasteiger partial charge in [-0.05, 0) is 31.2 Å². The number of sulfonamides is 1. The largest absolute Gasteiger partial charge is 0.492 e. The fourth-order valence-electron chi connectivity index (χ4n) is 1.95. The van der Waals surface area contributed by atoms with E-state index < -0.39 is 10.0 Å². The molecule has 0 bridgehead atoms. The molecule has 1 aromatic carbocycles. The Morgan fingerprint density at radius 1 is 1.19 bits per heavy atom. The zero-order chi connectivity index (χ0) is 18.1. The topological polar surface area (TPSA) is 106 Å². The Balaban J connectivity index is 0.00000338. The minimum Gasteiger partial charge on any atom is -0.492 e. The maximum absolute atomic E-state index is 11.3. The SMILES string of the molecule is CCNC(=NCc1ccc(S(N)(=O)=O)s1)NCCOc1ccccc1.I. The first-order valence-electron chi connectivity index (χ1n) is 7.80. The first-order valence-corrected chi connectivity index (χ1v) is 10.2. The van der Waals surface area contributed by atoms with E-state index in [1.54, 1.807) is 6.07 Å². The Hall–Kier alpha value is -1.37. The number of guanidine groups is 1. The van der Waals surface area contributed by atoms with Crippen molar-refractivity contribution < 1.29 is 13.2 Å². The molecule has 0 aliphatic rings. The lowest BCUT2D eigenvalue weighted by Gasteiger charge is -2.11. The number of primary sulfonamides is 1. The van der Waals surface area contributed by atoms with Gasteiger partial charge in [-0.2, -0.15) is 0 Å². The van der Waals surface area contributed by atoms with Crippen LogP contribution in [0.4, 0.5) is 0 Å². The summed E-state index contributed by atoms with van der Waals surface area (Å²) in [5.74, 6) is 1.46. The van der Waals surface area contributed by atoms with Crippen molar-refractivity contribution in [3.8, 4) is 5.75 Å². The maximum atomic E-state index is 11.3. The van der Waals surface area contributed by atoms with Crippen molar-refractivity contribution >= 4 is 51.3 Å². The summed E-state index contributed by atoms with van der Waals surface area (Å²) in [5, 5.41) is 11.4. The van der Waals surface area contributed by atoms with Crippen LogP contribution in [0, 0.1) is 0 Å². The molecule has 0 unspecified atom stereocenters. The molecule has 0 amide bonds. The number of nitrogens with zero attached hydrogens (tertiary/aromatic N) is 1. The minimum absolute atomic E-state index is 0. The van der Waals surface area contributed by atoms with Gasteiger partial charge in [0, 0.05) is 11.4 Å². The summed E-state index contributed by atoms with van der Waals surface area (Å²) in [6.45, 7) is 4.16. The molecule has 0 atom stereocenters. The molecule has 0 saturated carbocycles. The van der Waals surface area contributed by atoms with Gasteiger partial charge in [0.05, 0.1) is 13.1 Å². The molecule has 0 aliphatic carbocycles. The van der Waals surface area contributed by atoms with E-state index in [0.29, 0.717) is 25.7 Å². The van der Waals surface area contributed by atoms with Gasteiger partial charge in [0.2, 0.25) is 10.0 Å². The molecule has 2 rings (SSSR count). The zero-order valence-corrected chi connectivity index (χ0v) is 18.3. The highest BCUT2D eigenvalue weighted by Gasteiger charge is 2.10. The second kappa shape index (κ2) is 11.4. The van der Waals surface area contributed by atoms with Crippen molar-refractivity contribution in [2.45, 2.75) is 17.7 Å². The number of thiophene rings is 1. The van der Waals surface area contributed by atoms with Gasteiger partial charge in [0.15, 0.2) is 5.96 Å². The van der Waals surface area contributed by atoms with E-state index in [4.69, 9.17) is 9.88 Å². The number of hydrogen-bond donors (Lipinski definition) is 3. The molecular weight excluding hydrogens is 487 g/mol. The van der Waals surface area contributed by atoms with Crippen LogP contribution in [0.2, 0.25) is 0 Å². The van der Waals surface area contributed by atoms with E-state index >= 15 is 0 Å². The molecule has 7 nitrogen and oxygen atoms in total. The van der Waals surface area contributed by atoms with Gasteiger partial charge in [-0.25, -0.2) is 18.5 Å². The van der Waals surface area contributed by atoms with Crippen molar-refractivity contribution in [3.05, 3.63) is 47.3 Å². The van der Waals surface area contributed by atoms with E-state index in [1.807, 2.05) is 37.3 Å². The number of nitrogens with two attached hydrogens (primary N) is 1. The van der Waals surface area contributed by atoms with Crippen LogP contribution in [0.3, 0.4) is 0 Å². The van der Waals surface area contributed by atoms with Gasteiger partial charge in [0.25, 0.3) is 0 Å². The molecule has 2 aromatic rings. The molecule has 0 fully saturated rings. The molecule has 26 heavy (non-hydrogen) atoms. The van der Waals surface area contributed by atoms with Gasteiger partial charge < -0.3 is 15.4 Å². The number of hydrogen-bond acceptors (Lipinski definition) is 5. The summed E-state index contributed by atoms with van der Waals surface area (Å²) in [7, 11) is -3.65. The maximum Gasteiger partial charge on any atom is 0.247 e. The number of halogens is 1. The molecule has 4 N–H and O–H groups in total. The highest BCUT2D eigenvalue weighted by molar-refractivity contribution is 14.0. The highest BCUT2D eigenvalue weighted by Crippen LogP contribution is 2.20. The normalized spacial score (nSPS) is 11.5. The second-order valence-corrected chi connectivity index (χ2v) is 8.01. The van der Waals surface area contributed by atoms with Crippen molar-refractivity contribution in [1.82, 2.24) is 10.6 Å². The summed E-state index contributed by atoms with van der Waals surface area (Å²) in [4.78, 5) is 5.26. The van der Waals surface area contributed by atoms with E-state index in [2.05, 4.69) is 15.6 Å². The Morgan fingerprint density at radius 2 is 1.92 bits per heavy atom. The lowest BCUT2D eigenvalue weighted by Crippen LogP contribution is -2.39. The average molecular weight is 510 g/mol. The summed E-state index contributed by atoms with van der Waals surface area (Å²) >= 11 is 1.13. The fourth-order valence-corrected chi connectivity index (χ4v) is 3.65. The van der Waals surface area contributed by atoms with E-state index in [1.165, 1.54) is 6.07 Å². The Labute approximate surface area is 175 Å². The van der Waals surface area contributed by atoms with Gasteiger partial charge in [-0.15, -0.1) is 35.3 Å². The summed E-state index contributed by atoms with van der Waals surface area (Å²) in [6, 6.07) is 12.8. The van der Waals surface area contributed by atoms with E-state index in [9.17, 15) is 8.42 Å². The molecule has 1 heterocycles. The molecule has 0 radical (unpaired) electrons. The van der Waals surface area contributed by atoms with Crippen LogP contribution >= 0.6 is 35.3 Å². The van der Waals surface area contributed by atoms with Crippen molar-refractivity contribution in [1.29, 1.82) is 0 Å². The smallest absolute Gasteiger partial charge is 0.247 e. The van der Waals surface area contributed by atoms with Crippen LogP contribution in [-0.4, -0.2) is 34.1 Å². The number of aliphatic imine (C=N–C) groups is 1. The van der Waals surface area contributed by atoms with E-state index in [0.717, 1.165) is 28.5 Å². The standard InChI is InChI=1S/C16H22N4O3S2.HI/c1-2-18-16(19-10-11-23-13-6-4-3-5-7-13)20-12-14-8-9-15(24-14)25(17,21)22;/h3-9H,2,10-12H2,1H3,(H2,17,21,22)(H2,18,19,20);1H. The lowest BCUT2D eigenvalue weighted by molar-refractivity contribution is 0.322. The van der Waals surface area contributed by atoms with Gasteiger partial charge in [0.1, 0.15) is 16.6 Å². The van der Waals surface area contributed by atoms with Crippen LogP contribution in [0.1, 0.15) is 11.8 Å². The molecular formula is C16H23IN4O3S2. The van der Waals surface area contributed by atoms with Crippen LogP contribution in [-0.2, 0) is 16.6 Å². The number of ether oxygens (including phenoxy) is 1. The average Bonchev–Trinajstić information content (AvgIpc) is 3.07.